The molecule has 36 heavy (non-hydrogen) atoms. The Labute approximate surface area is 204 Å². The highest BCUT2D eigenvalue weighted by atomic mass is 32.2. The zero-order chi connectivity index (χ0) is 25.9. The van der Waals surface area contributed by atoms with Gasteiger partial charge in [-0.3, -0.25) is 10.1 Å². The normalized spacial score (nSPS) is 13.3. The third kappa shape index (κ3) is 5.84. The maximum Gasteiger partial charge on any atom is 0.416 e. The summed E-state index contributed by atoms with van der Waals surface area (Å²) in [6, 6.07) is 14.0. The number of amidine groups is 1. The molecule has 14 heteroatoms. The van der Waals surface area contributed by atoms with E-state index in [9.17, 15) is 26.4 Å². The van der Waals surface area contributed by atoms with E-state index >= 15 is 0 Å². The number of hydrazone groups is 1. The lowest BCUT2D eigenvalue weighted by molar-refractivity contribution is -0.137. The Kier molecular flexibility index (Phi) is 6.72. The molecule has 0 unspecified atom stereocenters. The third-order valence-electron chi connectivity index (χ3n) is 5.00. The predicted molar refractivity (Wildman–Crippen MR) is 128 cm³/mol. The summed E-state index contributed by atoms with van der Waals surface area (Å²) in [7, 11) is -4.03. The predicted octanol–water partition coefficient (Wildman–Crippen LogP) is 3.73. The standard InChI is InChI=1S/C22H20F3N7O3S/c1-13-5-8-18(27-21(33)26-17-4-2-3-15(11-17)22(23,24)25)12-19(13)36(34,35)30-16-9-6-14(7-10-16)20-28-31-32-29-20/h2-12,30-32H,1H3,(H,28,29)(H2,26,27,33). The average molecular weight is 520 g/mol. The van der Waals surface area contributed by atoms with E-state index in [2.05, 4.69) is 37.0 Å². The molecule has 0 saturated heterocycles. The molecule has 188 valence electrons. The van der Waals surface area contributed by atoms with Crippen LogP contribution >= 0.6 is 0 Å². The largest absolute Gasteiger partial charge is 0.416 e. The van der Waals surface area contributed by atoms with Gasteiger partial charge in [0.1, 0.15) is 0 Å². The molecule has 1 aliphatic heterocycles. The Hall–Kier alpha value is -4.30. The van der Waals surface area contributed by atoms with Gasteiger partial charge in [0.2, 0.25) is 0 Å². The molecule has 2 amide bonds. The van der Waals surface area contributed by atoms with Crippen molar-refractivity contribution in [2.45, 2.75) is 18.0 Å². The van der Waals surface area contributed by atoms with Crippen LogP contribution in [0.5, 0.6) is 0 Å². The topological polar surface area (TPSA) is 136 Å². The smallest absolute Gasteiger partial charge is 0.308 e. The highest BCUT2D eigenvalue weighted by Gasteiger charge is 2.30. The first kappa shape index (κ1) is 24.8. The number of anilines is 3. The van der Waals surface area contributed by atoms with Crippen molar-refractivity contribution in [3.05, 3.63) is 83.4 Å². The molecule has 6 N–H and O–H groups in total. The highest BCUT2D eigenvalue weighted by Crippen LogP contribution is 2.30. The zero-order valence-corrected chi connectivity index (χ0v) is 19.4. The molecule has 0 aliphatic carbocycles. The van der Waals surface area contributed by atoms with Gasteiger partial charge in [-0.05, 0) is 67.1 Å². The second-order valence-electron chi connectivity index (χ2n) is 7.64. The second kappa shape index (κ2) is 9.75. The molecule has 0 spiro atoms. The van der Waals surface area contributed by atoms with Crippen molar-refractivity contribution in [3.8, 4) is 0 Å². The fraction of sp³-hybridized carbons (Fsp3) is 0.0909. The molecule has 0 atom stereocenters. The number of aryl methyl sites for hydroxylation is 1. The van der Waals surface area contributed by atoms with Gasteiger partial charge < -0.3 is 10.6 Å². The minimum absolute atomic E-state index is 0.0716. The Morgan fingerprint density at radius 2 is 1.58 bits per heavy atom. The number of carbonyl (C=O) groups excluding carboxylic acids is 1. The van der Waals surface area contributed by atoms with Gasteiger partial charge in [0, 0.05) is 22.6 Å². The summed E-state index contributed by atoms with van der Waals surface area (Å²) in [5, 5.41) is 8.70. The summed E-state index contributed by atoms with van der Waals surface area (Å²) in [5.41, 5.74) is 8.49. The minimum atomic E-state index is -4.56. The van der Waals surface area contributed by atoms with Crippen LogP contribution in [0.15, 0.2) is 76.7 Å². The van der Waals surface area contributed by atoms with Crippen LogP contribution in [-0.2, 0) is 16.2 Å². The molecular weight excluding hydrogens is 499 g/mol. The molecule has 0 fully saturated rings. The molecule has 3 aromatic carbocycles. The number of benzene rings is 3. The Morgan fingerprint density at radius 1 is 0.917 bits per heavy atom. The lowest BCUT2D eigenvalue weighted by Gasteiger charge is -2.14. The van der Waals surface area contributed by atoms with Crippen LogP contribution in [0.3, 0.4) is 0 Å². The fourth-order valence-corrected chi connectivity index (χ4v) is 4.61. The maximum atomic E-state index is 13.0. The number of rotatable bonds is 6. The summed E-state index contributed by atoms with van der Waals surface area (Å²) in [5.74, 6) is 0.530. The first-order valence-electron chi connectivity index (χ1n) is 10.3. The van der Waals surface area contributed by atoms with Crippen molar-refractivity contribution < 1.29 is 26.4 Å². The highest BCUT2D eigenvalue weighted by molar-refractivity contribution is 7.92. The SMILES string of the molecule is Cc1ccc(NC(=O)Nc2cccc(C(F)(F)F)c2)cc1S(=O)(=O)Nc1ccc(C2=NNNN2)cc1. The minimum Gasteiger partial charge on any atom is -0.308 e. The van der Waals surface area contributed by atoms with Crippen molar-refractivity contribution in [1.82, 2.24) is 16.5 Å². The van der Waals surface area contributed by atoms with Gasteiger partial charge in [0.25, 0.3) is 10.0 Å². The van der Waals surface area contributed by atoms with Crippen LogP contribution in [-0.4, -0.2) is 20.3 Å². The molecule has 4 rings (SSSR count). The number of hydrogen-bond acceptors (Lipinski definition) is 7. The first-order chi connectivity index (χ1) is 17.0. The number of nitrogens with zero attached hydrogens (tertiary/aromatic N) is 1. The number of hydrogen-bond donors (Lipinski definition) is 6. The number of carbonyl (C=O) groups is 1. The van der Waals surface area contributed by atoms with Gasteiger partial charge in [-0.25, -0.2) is 18.7 Å². The van der Waals surface area contributed by atoms with Gasteiger partial charge in [0.05, 0.1) is 10.5 Å². The number of hydrazine groups is 2. The van der Waals surface area contributed by atoms with E-state index in [1.807, 2.05) is 0 Å². The quantitative estimate of drug-likeness (QED) is 0.294. The van der Waals surface area contributed by atoms with Crippen LogP contribution in [0.1, 0.15) is 16.7 Å². The van der Waals surface area contributed by atoms with Gasteiger partial charge >= 0.3 is 12.2 Å². The van der Waals surface area contributed by atoms with Crippen LogP contribution in [0, 0.1) is 6.92 Å². The van der Waals surface area contributed by atoms with Gasteiger partial charge in [-0.1, -0.05) is 12.1 Å². The summed E-state index contributed by atoms with van der Waals surface area (Å²) in [6.45, 7) is 1.59. The number of amides is 2. The molecule has 0 bridgehead atoms. The van der Waals surface area contributed by atoms with E-state index < -0.39 is 27.8 Å². The molecule has 1 heterocycles. The number of nitrogens with one attached hydrogen (secondary N) is 6. The van der Waals surface area contributed by atoms with Crippen LogP contribution in [0.25, 0.3) is 0 Å². The van der Waals surface area contributed by atoms with Gasteiger partial charge in [-0.15, -0.1) is 10.6 Å². The van der Waals surface area contributed by atoms with Crippen molar-refractivity contribution in [2.24, 2.45) is 5.10 Å². The Morgan fingerprint density at radius 3 is 2.22 bits per heavy atom. The van der Waals surface area contributed by atoms with Gasteiger partial charge in [-0.2, -0.15) is 13.2 Å². The van der Waals surface area contributed by atoms with E-state index in [1.54, 1.807) is 31.2 Å². The Bertz CT molecular complexity index is 1430. The van der Waals surface area contributed by atoms with E-state index in [0.29, 0.717) is 22.6 Å². The van der Waals surface area contributed by atoms with Gasteiger partial charge in [0.15, 0.2) is 5.84 Å². The monoisotopic (exact) mass is 519 g/mol. The van der Waals surface area contributed by atoms with Crippen molar-refractivity contribution in [1.29, 1.82) is 0 Å². The lowest BCUT2D eigenvalue weighted by atomic mass is 10.2. The molecule has 1 aliphatic rings. The summed E-state index contributed by atoms with van der Waals surface area (Å²) in [4.78, 5) is 12.2. The van der Waals surface area contributed by atoms with Crippen LogP contribution in [0.2, 0.25) is 0 Å². The third-order valence-corrected chi connectivity index (χ3v) is 6.52. The van der Waals surface area contributed by atoms with Crippen molar-refractivity contribution >= 4 is 39.0 Å². The van der Waals surface area contributed by atoms with E-state index in [4.69, 9.17) is 0 Å². The zero-order valence-electron chi connectivity index (χ0n) is 18.6. The first-order valence-corrected chi connectivity index (χ1v) is 11.8. The fourth-order valence-electron chi connectivity index (χ4n) is 3.28. The molecule has 0 radical (unpaired) electrons. The number of sulfonamides is 1. The van der Waals surface area contributed by atoms with Crippen LogP contribution in [0.4, 0.5) is 35.0 Å². The number of urea groups is 1. The summed E-state index contributed by atoms with van der Waals surface area (Å²) < 4.78 is 67.2. The van der Waals surface area contributed by atoms with Crippen LogP contribution < -0.4 is 31.9 Å². The van der Waals surface area contributed by atoms with Crippen molar-refractivity contribution in [2.75, 3.05) is 15.4 Å². The van der Waals surface area contributed by atoms with E-state index in [-0.39, 0.29) is 16.3 Å². The van der Waals surface area contributed by atoms with Crippen molar-refractivity contribution in [3.63, 3.8) is 0 Å². The average Bonchev–Trinajstić information content (AvgIpc) is 3.35. The Balaban J connectivity index is 1.47. The number of alkyl halides is 3. The molecule has 3 aromatic rings. The number of halogens is 3. The van der Waals surface area contributed by atoms with E-state index in [0.717, 1.165) is 12.1 Å². The van der Waals surface area contributed by atoms with E-state index in [1.165, 1.54) is 30.3 Å². The molecule has 0 saturated carbocycles. The summed E-state index contributed by atoms with van der Waals surface area (Å²) in [6.07, 6.45) is -4.56. The molecule has 10 nitrogen and oxygen atoms in total. The second-order valence-corrected chi connectivity index (χ2v) is 9.29. The maximum absolute atomic E-state index is 13.0. The summed E-state index contributed by atoms with van der Waals surface area (Å²) >= 11 is 0. The lowest BCUT2D eigenvalue weighted by Crippen LogP contribution is -2.35. The molecular formula is C22H20F3N7O3S. The molecule has 0 aromatic heterocycles.